The fraction of sp³-hybridized carbons (Fsp3) is 0.444. The molecule has 2 aliphatic rings. The van der Waals surface area contributed by atoms with E-state index in [9.17, 15) is 28.1 Å². The molecule has 3 rings (SSSR count). The van der Waals surface area contributed by atoms with Crippen LogP contribution < -0.4 is 5.32 Å². The zero-order valence-electron chi connectivity index (χ0n) is 17.1. The minimum Gasteiger partial charge on any atom is -0.475 e. The second-order valence-corrected chi connectivity index (χ2v) is 6.96. The molecule has 14 heteroatoms. The topological polar surface area (TPSA) is 138 Å². The van der Waals surface area contributed by atoms with Gasteiger partial charge in [0.1, 0.15) is 12.7 Å². The van der Waals surface area contributed by atoms with Crippen LogP contribution in [0.1, 0.15) is 12.5 Å². The van der Waals surface area contributed by atoms with Crippen molar-refractivity contribution in [2.45, 2.75) is 19.5 Å². The Labute approximate surface area is 180 Å². The molecule has 2 heterocycles. The number of quaternary nitrogens is 1. The van der Waals surface area contributed by atoms with Crippen LogP contribution in [0.3, 0.4) is 0 Å². The van der Waals surface area contributed by atoms with E-state index in [0.29, 0.717) is 26.1 Å². The number of nitro benzene ring substituents is 1. The van der Waals surface area contributed by atoms with Crippen molar-refractivity contribution in [2.75, 3.05) is 32.7 Å². The summed E-state index contributed by atoms with van der Waals surface area (Å²) in [5.41, 5.74) is 1.76. The normalized spacial score (nSPS) is 20.2. The summed E-state index contributed by atoms with van der Waals surface area (Å²) in [6.07, 6.45) is -2.89. The number of carbonyl (C=O) groups excluding carboxylic acids is 1. The lowest BCUT2D eigenvalue weighted by molar-refractivity contribution is -0.823. The molecule has 0 spiro atoms. The van der Waals surface area contributed by atoms with Gasteiger partial charge in [0.25, 0.3) is 5.69 Å². The van der Waals surface area contributed by atoms with E-state index in [2.05, 4.69) is 15.7 Å². The Hall–Kier alpha value is -3.39. The number of alkyl halides is 3. The fourth-order valence-electron chi connectivity index (χ4n) is 3.03. The molecule has 0 aliphatic carbocycles. The number of piperazine rings is 1. The summed E-state index contributed by atoms with van der Waals surface area (Å²) in [6, 6.07) is 6.32. The Morgan fingerprint density at radius 1 is 1.25 bits per heavy atom. The number of nitro groups is 1. The van der Waals surface area contributed by atoms with E-state index in [1.54, 1.807) is 18.3 Å². The summed E-state index contributed by atoms with van der Waals surface area (Å²) in [4.78, 5) is 34.1. The van der Waals surface area contributed by atoms with Crippen LogP contribution in [0.4, 0.5) is 23.7 Å². The summed E-state index contributed by atoms with van der Waals surface area (Å²) >= 11 is 0. The number of rotatable bonds is 4. The van der Waals surface area contributed by atoms with Gasteiger partial charge in [0.2, 0.25) is 0 Å². The molecule has 2 aliphatic heterocycles. The van der Waals surface area contributed by atoms with Gasteiger partial charge in [-0.3, -0.25) is 15.0 Å². The van der Waals surface area contributed by atoms with Crippen molar-refractivity contribution in [2.24, 2.45) is 10.3 Å². The van der Waals surface area contributed by atoms with Crippen LogP contribution in [0, 0.1) is 10.1 Å². The third-order valence-corrected chi connectivity index (χ3v) is 4.85. The van der Waals surface area contributed by atoms with Crippen molar-refractivity contribution in [3.05, 3.63) is 51.8 Å². The molecule has 0 saturated carbocycles. The molecular weight excluding hydrogens is 437 g/mol. The summed E-state index contributed by atoms with van der Waals surface area (Å²) < 4.78 is 31.6. The Morgan fingerprint density at radius 3 is 2.25 bits per heavy atom. The van der Waals surface area contributed by atoms with Gasteiger partial charge in [-0.1, -0.05) is 16.7 Å². The van der Waals surface area contributed by atoms with Crippen molar-refractivity contribution < 1.29 is 37.4 Å². The Balaban J connectivity index is 0.000000451. The number of amides is 2. The van der Waals surface area contributed by atoms with Crippen LogP contribution >= 0.6 is 0 Å². The van der Waals surface area contributed by atoms with Crippen LogP contribution in [0.25, 0.3) is 0 Å². The summed E-state index contributed by atoms with van der Waals surface area (Å²) in [7, 11) is 0. The number of hydrogen-bond acceptors (Lipinski definition) is 7. The number of benzene rings is 1. The van der Waals surface area contributed by atoms with E-state index < -0.39 is 17.1 Å². The van der Waals surface area contributed by atoms with Crippen LogP contribution in [-0.4, -0.2) is 70.4 Å². The Morgan fingerprint density at radius 2 is 1.81 bits per heavy atom. The molecule has 0 bridgehead atoms. The van der Waals surface area contributed by atoms with Crippen LogP contribution in [0.15, 0.2) is 46.5 Å². The second-order valence-electron chi connectivity index (χ2n) is 6.96. The summed E-state index contributed by atoms with van der Waals surface area (Å²) in [6.45, 7) is 5.14. The predicted octanol–water partition coefficient (Wildman–Crippen LogP) is 2.85. The SMILES string of the molecule is CC1=CN=N[N+]1(CCc1ccc([N+](=O)[O-])cc1)C(=O)N1CCNCC1.O=C(O)C(F)(F)F. The maximum atomic E-state index is 13.1. The van der Waals surface area contributed by atoms with Crippen molar-refractivity contribution in [3.8, 4) is 0 Å². The fourth-order valence-corrected chi connectivity index (χ4v) is 3.03. The first-order valence-electron chi connectivity index (χ1n) is 9.49. The predicted molar refractivity (Wildman–Crippen MR) is 104 cm³/mol. The number of hydrogen-bond donors (Lipinski definition) is 2. The lowest BCUT2D eigenvalue weighted by Crippen LogP contribution is -2.57. The maximum absolute atomic E-state index is 13.1. The third-order valence-electron chi connectivity index (χ3n) is 4.85. The molecule has 1 aromatic rings. The smallest absolute Gasteiger partial charge is 0.475 e. The minimum absolute atomic E-state index is 0.0569. The molecule has 2 N–H and O–H groups in total. The lowest BCUT2D eigenvalue weighted by Gasteiger charge is -2.33. The van der Waals surface area contributed by atoms with Gasteiger partial charge < -0.3 is 10.4 Å². The molecule has 1 atom stereocenters. The molecule has 2 amide bonds. The lowest BCUT2D eigenvalue weighted by atomic mass is 10.1. The number of carbonyl (C=O) groups is 2. The molecular formula is C18H22F3N6O5+. The monoisotopic (exact) mass is 459 g/mol. The van der Waals surface area contributed by atoms with Gasteiger partial charge in [0.05, 0.1) is 4.92 Å². The number of aliphatic carboxylic acids is 1. The first-order chi connectivity index (χ1) is 15.0. The zero-order valence-corrected chi connectivity index (χ0v) is 17.1. The highest BCUT2D eigenvalue weighted by molar-refractivity contribution is 5.73. The van der Waals surface area contributed by atoms with Gasteiger partial charge in [-0.15, -0.1) is 5.11 Å². The molecule has 1 saturated heterocycles. The number of nitrogens with zero attached hydrogens (tertiary/aromatic N) is 5. The number of non-ortho nitro benzene ring substituents is 1. The number of allylic oxidation sites excluding steroid dienone is 1. The van der Waals surface area contributed by atoms with Gasteiger partial charge >= 0.3 is 18.2 Å². The van der Waals surface area contributed by atoms with Gasteiger partial charge in [-0.05, 0) is 5.56 Å². The minimum atomic E-state index is -5.08. The van der Waals surface area contributed by atoms with Crippen molar-refractivity contribution in [3.63, 3.8) is 0 Å². The third kappa shape index (κ3) is 6.07. The van der Waals surface area contributed by atoms with Crippen molar-refractivity contribution >= 4 is 17.7 Å². The van der Waals surface area contributed by atoms with E-state index in [1.807, 2.05) is 11.8 Å². The molecule has 11 nitrogen and oxygen atoms in total. The standard InChI is InChI=1S/C16H21N6O3.C2HF3O2/c1-13-12-18-19-22(13,16(23)20-9-7-17-8-10-20)11-6-14-2-4-15(5-3-14)21(24)25;3-2(4,5)1(6)7/h2-5,12,17H,6-11H2,1H3;(H,6,7)/q+1;. The summed E-state index contributed by atoms with van der Waals surface area (Å²) in [5.74, 6) is -2.76. The van der Waals surface area contributed by atoms with Crippen LogP contribution in [-0.2, 0) is 11.2 Å². The highest BCUT2D eigenvalue weighted by Crippen LogP contribution is 2.28. The molecule has 0 radical (unpaired) electrons. The van der Waals surface area contributed by atoms with E-state index in [1.165, 1.54) is 12.1 Å². The summed E-state index contributed by atoms with van der Waals surface area (Å²) in [5, 5.41) is 29.3. The molecule has 1 unspecified atom stereocenters. The van der Waals surface area contributed by atoms with Gasteiger partial charge in [-0.2, -0.15) is 13.2 Å². The zero-order chi connectivity index (χ0) is 23.9. The quantitative estimate of drug-likeness (QED) is 0.404. The van der Waals surface area contributed by atoms with E-state index in [-0.39, 0.29) is 16.3 Å². The largest absolute Gasteiger partial charge is 0.490 e. The number of carboxylic acids is 1. The van der Waals surface area contributed by atoms with Gasteiger partial charge in [0.15, 0.2) is 5.70 Å². The second kappa shape index (κ2) is 10.3. The van der Waals surface area contributed by atoms with Gasteiger partial charge in [0, 0.05) is 56.9 Å². The Kier molecular flexibility index (Phi) is 7.99. The van der Waals surface area contributed by atoms with E-state index in [4.69, 9.17) is 9.90 Å². The van der Waals surface area contributed by atoms with Crippen molar-refractivity contribution in [1.82, 2.24) is 10.2 Å². The first-order valence-corrected chi connectivity index (χ1v) is 9.49. The molecule has 32 heavy (non-hydrogen) atoms. The van der Waals surface area contributed by atoms with Crippen LogP contribution in [0.5, 0.6) is 0 Å². The molecule has 0 aromatic heterocycles. The number of urea groups is 1. The highest BCUT2D eigenvalue weighted by Gasteiger charge is 2.46. The molecule has 1 aromatic carbocycles. The van der Waals surface area contributed by atoms with E-state index >= 15 is 0 Å². The number of halogens is 3. The maximum Gasteiger partial charge on any atom is 0.490 e. The average molecular weight is 459 g/mol. The number of carboxylic acid groups (broad SMARTS) is 1. The first kappa shape index (κ1) is 24.9. The highest BCUT2D eigenvalue weighted by atomic mass is 19.4. The molecule has 174 valence electrons. The molecule has 1 fully saturated rings. The van der Waals surface area contributed by atoms with Crippen molar-refractivity contribution in [1.29, 1.82) is 0 Å². The Bertz CT molecular complexity index is 913. The number of nitrogens with one attached hydrogen (secondary N) is 1. The van der Waals surface area contributed by atoms with Crippen LogP contribution in [0.2, 0.25) is 0 Å². The average Bonchev–Trinajstić information content (AvgIpc) is 3.13. The van der Waals surface area contributed by atoms with Gasteiger partial charge in [-0.25, -0.2) is 9.59 Å². The van der Waals surface area contributed by atoms with E-state index in [0.717, 1.165) is 24.4 Å².